The molecule has 0 spiro atoms. The molecule has 86 valence electrons. The maximum Gasteiger partial charge on any atom is 0.129 e. The number of benzene rings is 1. The standard InChI is InChI=1S/C15H20O/c1-9-6-7-16-15(9)14-11(3)8-10(2)12(4)13(14)5/h6-9,15H,1-5H3/t9-,15-/m1/s1. The van der Waals surface area contributed by atoms with Gasteiger partial charge in [-0.1, -0.05) is 13.0 Å². The summed E-state index contributed by atoms with van der Waals surface area (Å²) in [5, 5.41) is 0. The molecule has 1 aliphatic rings. The lowest BCUT2D eigenvalue weighted by atomic mass is 9.87. The molecule has 0 aliphatic carbocycles. The number of aryl methyl sites for hydroxylation is 2. The molecule has 1 heteroatoms. The molecule has 0 radical (unpaired) electrons. The summed E-state index contributed by atoms with van der Waals surface area (Å²) in [7, 11) is 0. The van der Waals surface area contributed by atoms with Crippen LogP contribution < -0.4 is 0 Å². The van der Waals surface area contributed by atoms with Crippen LogP contribution in [0, 0.1) is 33.6 Å². The van der Waals surface area contributed by atoms with Crippen molar-refractivity contribution in [2.24, 2.45) is 5.92 Å². The third-order valence-corrected chi connectivity index (χ3v) is 3.79. The maximum atomic E-state index is 5.73. The van der Waals surface area contributed by atoms with Crippen LogP contribution in [0.15, 0.2) is 18.4 Å². The highest BCUT2D eigenvalue weighted by Gasteiger charge is 2.26. The van der Waals surface area contributed by atoms with Crippen LogP contribution in [0.5, 0.6) is 0 Å². The summed E-state index contributed by atoms with van der Waals surface area (Å²) < 4.78 is 5.73. The van der Waals surface area contributed by atoms with E-state index in [9.17, 15) is 0 Å². The van der Waals surface area contributed by atoms with Gasteiger partial charge in [0.15, 0.2) is 0 Å². The molecule has 2 rings (SSSR count). The quantitative estimate of drug-likeness (QED) is 0.685. The van der Waals surface area contributed by atoms with Gasteiger partial charge in [-0.05, 0) is 61.6 Å². The lowest BCUT2D eigenvalue weighted by Gasteiger charge is -2.22. The molecule has 1 heterocycles. The van der Waals surface area contributed by atoms with Gasteiger partial charge in [-0.3, -0.25) is 0 Å². The van der Waals surface area contributed by atoms with Crippen LogP contribution in [-0.2, 0) is 4.74 Å². The predicted molar refractivity (Wildman–Crippen MR) is 67.5 cm³/mol. The summed E-state index contributed by atoms with van der Waals surface area (Å²) in [5.74, 6) is 0.472. The Balaban J connectivity index is 2.53. The fourth-order valence-corrected chi connectivity index (χ4v) is 2.55. The van der Waals surface area contributed by atoms with Crippen LogP contribution in [0.4, 0.5) is 0 Å². The van der Waals surface area contributed by atoms with Crippen molar-refractivity contribution in [3.05, 3.63) is 46.2 Å². The lowest BCUT2D eigenvalue weighted by Crippen LogP contribution is -2.10. The number of ether oxygens (including phenoxy) is 1. The van der Waals surface area contributed by atoms with E-state index in [1.807, 2.05) is 6.26 Å². The summed E-state index contributed by atoms with van der Waals surface area (Å²) >= 11 is 0. The average molecular weight is 216 g/mol. The molecule has 1 aliphatic heterocycles. The number of hydrogen-bond acceptors (Lipinski definition) is 1. The minimum Gasteiger partial charge on any atom is -0.493 e. The second kappa shape index (κ2) is 3.97. The van der Waals surface area contributed by atoms with E-state index in [4.69, 9.17) is 4.74 Å². The molecule has 0 saturated carbocycles. The zero-order valence-electron chi connectivity index (χ0n) is 10.8. The van der Waals surface area contributed by atoms with Gasteiger partial charge in [-0.25, -0.2) is 0 Å². The average Bonchev–Trinajstić information content (AvgIpc) is 2.62. The van der Waals surface area contributed by atoms with E-state index in [0.717, 1.165) is 0 Å². The van der Waals surface area contributed by atoms with E-state index >= 15 is 0 Å². The molecule has 0 fully saturated rings. The van der Waals surface area contributed by atoms with E-state index in [2.05, 4.69) is 46.8 Å². The molecular formula is C15H20O. The Morgan fingerprint density at radius 1 is 1.00 bits per heavy atom. The Kier molecular flexibility index (Phi) is 2.79. The normalized spacial score (nSPS) is 23.6. The molecule has 2 atom stereocenters. The van der Waals surface area contributed by atoms with Crippen molar-refractivity contribution in [1.29, 1.82) is 0 Å². The first-order valence-electron chi connectivity index (χ1n) is 5.91. The molecule has 0 saturated heterocycles. The first-order chi connectivity index (χ1) is 7.52. The summed E-state index contributed by atoms with van der Waals surface area (Å²) in [6.45, 7) is 11.0. The highest BCUT2D eigenvalue weighted by atomic mass is 16.5. The molecule has 1 nitrogen and oxygen atoms in total. The van der Waals surface area contributed by atoms with Crippen LogP contribution >= 0.6 is 0 Å². The van der Waals surface area contributed by atoms with Crippen molar-refractivity contribution in [3.63, 3.8) is 0 Å². The largest absolute Gasteiger partial charge is 0.493 e. The van der Waals surface area contributed by atoms with Gasteiger partial charge in [0, 0.05) is 5.92 Å². The van der Waals surface area contributed by atoms with E-state index in [0.29, 0.717) is 5.92 Å². The third kappa shape index (κ3) is 1.64. The van der Waals surface area contributed by atoms with Gasteiger partial charge in [-0.15, -0.1) is 0 Å². The second-order valence-corrected chi connectivity index (χ2v) is 4.92. The summed E-state index contributed by atoms with van der Waals surface area (Å²) in [4.78, 5) is 0. The summed E-state index contributed by atoms with van der Waals surface area (Å²) in [6.07, 6.45) is 4.18. The molecule has 1 aromatic carbocycles. The highest BCUT2D eigenvalue weighted by molar-refractivity contribution is 5.45. The van der Waals surface area contributed by atoms with E-state index in [1.54, 1.807) is 0 Å². The van der Waals surface area contributed by atoms with E-state index in [1.165, 1.54) is 27.8 Å². The topological polar surface area (TPSA) is 9.23 Å². The van der Waals surface area contributed by atoms with Crippen molar-refractivity contribution in [1.82, 2.24) is 0 Å². The Hall–Kier alpha value is -1.24. The van der Waals surface area contributed by atoms with Crippen LogP contribution in [0.25, 0.3) is 0 Å². The zero-order chi connectivity index (χ0) is 11.9. The predicted octanol–water partition coefficient (Wildman–Crippen LogP) is 4.14. The van der Waals surface area contributed by atoms with Crippen LogP contribution in [0.3, 0.4) is 0 Å². The molecular weight excluding hydrogens is 196 g/mol. The van der Waals surface area contributed by atoms with Crippen molar-refractivity contribution in [2.75, 3.05) is 0 Å². The molecule has 0 amide bonds. The Morgan fingerprint density at radius 2 is 1.69 bits per heavy atom. The van der Waals surface area contributed by atoms with Crippen LogP contribution in [-0.4, -0.2) is 0 Å². The van der Waals surface area contributed by atoms with E-state index in [-0.39, 0.29) is 6.10 Å². The van der Waals surface area contributed by atoms with E-state index < -0.39 is 0 Å². The van der Waals surface area contributed by atoms with Crippen LogP contribution in [0.1, 0.15) is 40.8 Å². The zero-order valence-corrected chi connectivity index (χ0v) is 10.8. The smallest absolute Gasteiger partial charge is 0.129 e. The fraction of sp³-hybridized carbons (Fsp3) is 0.467. The van der Waals surface area contributed by atoms with Crippen LogP contribution in [0.2, 0.25) is 0 Å². The van der Waals surface area contributed by atoms with Gasteiger partial charge in [0.05, 0.1) is 6.26 Å². The van der Waals surface area contributed by atoms with Gasteiger partial charge in [0.1, 0.15) is 6.10 Å². The first-order valence-corrected chi connectivity index (χ1v) is 5.91. The maximum absolute atomic E-state index is 5.73. The monoisotopic (exact) mass is 216 g/mol. The fourth-order valence-electron chi connectivity index (χ4n) is 2.55. The Labute approximate surface area is 98.1 Å². The molecule has 0 unspecified atom stereocenters. The van der Waals surface area contributed by atoms with Gasteiger partial charge >= 0.3 is 0 Å². The minimum atomic E-state index is 0.208. The summed E-state index contributed by atoms with van der Waals surface area (Å²) in [6, 6.07) is 2.27. The molecule has 0 N–H and O–H groups in total. The summed E-state index contributed by atoms with van der Waals surface area (Å²) in [5.41, 5.74) is 6.88. The lowest BCUT2D eigenvalue weighted by molar-refractivity contribution is 0.141. The van der Waals surface area contributed by atoms with Crippen molar-refractivity contribution in [3.8, 4) is 0 Å². The molecule has 0 aromatic heterocycles. The second-order valence-electron chi connectivity index (χ2n) is 4.92. The Morgan fingerprint density at radius 3 is 2.25 bits per heavy atom. The first kappa shape index (κ1) is 11.3. The van der Waals surface area contributed by atoms with Gasteiger partial charge in [-0.2, -0.15) is 0 Å². The molecule has 1 aromatic rings. The molecule has 0 bridgehead atoms. The Bertz CT molecular complexity index is 443. The minimum absolute atomic E-state index is 0.208. The highest BCUT2D eigenvalue weighted by Crippen LogP contribution is 2.37. The van der Waals surface area contributed by atoms with Crippen molar-refractivity contribution in [2.45, 2.75) is 40.7 Å². The number of rotatable bonds is 1. The molecule has 16 heavy (non-hydrogen) atoms. The SMILES string of the molecule is Cc1cc(C)c([C@@H]2OC=C[C@H]2C)c(C)c1C. The van der Waals surface area contributed by atoms with Crippen molar-refractivity contribution < 1.29 is 4.74 Å². The van der Waals surface area contributed by atoms with Gasteiger partial charge in [0.2, 0.25) is 0 Å². The van der Waals surface area contributed by atoms with Gasteiger partial charge < -0.3 is 4.74 Å². The van der Waals surface area contributed by atoms with Gasteiger partial charge in [0.25, 0.3) is 0 Å². The third-order valence-electron chi connectivity index (χ3n) is 3.79. The van der Waals surface area contributed by atoms with Crippen molar-refractivity contribution >= 4 is 0 Å². The number of hydrogen-bond donors (Lipinski definition) is 0.